The monoisotopic (exact) mass is 372 g/mol. The number of nitrogens with one attached hydrogen (secondary N) is 2. The van der Waals surface area contributed by atoms with Crippen molar-refractivity contribution in [2.75, 3.05) is 0 Å². The standard InChI is InChI=1S/C21H32N4O2/c26-20(24-22-18-12-14-6-8-16(18)10-14)4-2-1-3-5-21(27)25-23-19-13-15-7-9-17(19)11-15/h14-17H,1-13H2,(H,24,26)(H,25,27)/b22-18-,23-19+. The lowest BCUT2D eigenvalue weighted by Crippen LogP contribution is -2.22. The topological polar surface area (TPSA) is 82.9 Å². The first-order chi connectivity index (χ1) is 13.2. The third kappa shape index (κ3) is 4.77. The maximum absolute atomic E-state index is 11.9. The zero-order valence-electron chi connectivity index (χ0n) is 16.2. The van der Waals surface area contributed by atoms with Crippen LogP contribution in [-0.2, 0) is 9.59 Å². The van der Waals surface area contributed by atoms with Crippen molar-refractivity contribution in [3.63, 3.8) is 0 Å². The first kappa shape index (κ1) is 18.6. The minimum absolute atomic E-state index is 0.00240. The highest BCUT2D eigenvalue weighted by Crippen LogP contribution is 2.43. The molecule has 4 atom stereocenters. The van der Waals surface area contributed by atoms with E-state index in [0.717, 1.165) is 43.9 Å². The van der Waals surface area contributed by atoms with Crippen molar-refractivity contribution in [1.82, 2.24) is 10.9 Å². The number of hydrogen-bond acceptors (Lipinski definition) is 4. The summed E-state index contributed by atoms with van der Waals surface area (Å²) in [6, 6.07) is 0. The summed E-state index contributed by atoms with van der Waals surface area (Å²) in [5.74, 6) is 2.86. The van der Waals surface area contributed by atoms with Gasteiger partial charge in [0.1, 0.15) is 0 Å². The van der Waals surface area contributed by atoms with Crippen molar-refractivity contribution in [1.29, 1.82) is 0 Å². The molecule has 4 unspecified atom stereocenters. The molecular weight excluding hydrogens is 340 g/mol. The Bertz CT molecular complexity index is 588. The molecular formula is C21H32N4O2. The number of carbonyl (C=O) groups is 2. The Morgan fingerprint density at radius 3 is 1.59 bits per heavy atom. The van der Waals surface area contributed by atoms with E-state index in [1.807, 2.05) is 0 Å². The third-order valence-electron chi connectivity index (χ3n) is 6.98. The minimum atomic E-state index is -0.00240. The maximum Gasteiger partial charge on any atom is 0.240 e. The first-order valence-electron chi connectivity index (χ1n) is 10.9. The average Bonchev–Trinajstić information content (AvgIpc) is 3.45. The van der Waals surface area contributed by atoms with Crippen LogP contribution in [-0.4, -0.2) is 23.2 Å². The zero-order chi connectivity index (χ0) is 18.6. The van der Waals surface area contributed by atoms with Gasteiger partial charge in [0.2, 0.25) is 11.8 Å². The van der Waals surface area contributed by atoms with Crippen molar-refractivity contribution in [3.8, 4) is 0 Å². The summed E-state index contributed by atoms with van der Waals surface area (Å²) in [5.41, 5.74) is 7.86. The Hall–Kier alpha value is -1.72. The molecule has 0 radical (unpaired) electrons. The second-order valence-electron chi connectivity index (χ2n) is 9.00. The molecule has 0 aromatic rings. The summed E-state index contributed by atoms with van der Waals surface area (Å²) >= 11 is 0. The molecule has 6 heteroatoms. The lowest BCUT2D eigenvalue weighted by molar-refractivity contribution is -0.121. The summed E-state index contributed by atoms with van der Waals surface area (Å²) in [4.78, 5) is 23.8. The molecule has 0 heterocycles. The van der Waals surface area contributed by atoms with Crippen LogP contribution in [0, 0.1) is 23.7 Å². The van der Waals surface area contributed by atoms with Crippen LogP contribution in [0.5, 0.6) is 0 Å². The smallest absolute Gasteiger partial charge is 0.240 e. The summed E-state index contributed by atoms with van der Waals surface area (Å²) in [5, 5.41) is 8.70. The van der Waals surface area contributed by atoms with Gasteiger partial charge in [0, 0.05) is 24.3 Å². The van der Waals surface area contributed by atoms with Crippen LogP contribution in [0.3, 0.4) is 0 Å². The number of unbranched alkanes of at least 4 members (excludes halogenated alkanes) is 2. The molecule has 0 aromatic carbocycles. The lowest BCUT2D eigenvalue weighted by atomic mass is 9.99. The van der Waals surface area contributed by atoms with Gasteiger partial charge in [-0.05, 0) is 87.9 Å². The van der Waals surface area contributed by atoms with Crippen LogP contribution in [0.4, 0.5) is 0 Å². The molecule has 4 bridgehead atoms. The van der Waals surface area contributed by atoms with Gasteiger partial charge in [0.05, 0.1) is 0 Å². The van der Waals surface area contributed by atoms with Crippen molar-refractivity contribution >= 4 is 23.2 Å². The molecule has 4 aliphatic rings. The van der Waals surface area contributed by atoms with Crippen molar-refractivity contribution in [3.05, 3.63) is 0 Å². The molecule has 0 aliphatic heterocycles. The van der Waals surface area contributed by atoms with E-state index in [1.165, 1.54) is 49.9 Å². The number of hydrogen-bond donors (Lipinski definition) is 2. The normalized spacial score (nSPS) is 33.9. The van der Waals surface area contributed by atoms with Crippen LogP contribution in [0.15, 0.2) is 10.2 Å². The fraction of sp³-hybridized carbons (Fsp3) is 0.810. The molecule has 4 aliphatic carbocycles. The molecule has 27 heavy (non-hydrogen) atoms. The average molecular weight is 373 g/mol. The predicted octanol–water partition coefficient (Wildman–Crippen LogP) is 3.52. The van der Waals surface area contributed by atoms with E-state index in [0.29, 0.717) is 24.7 Å². The van der Waals surface area contributed by atoms with E-state index in [1.54, 1.807) is 0 Å². The summed E-state index contributed by atoms with van der Waals surface area (Å²) < 4.78 is 0. The van der Waals surface area contributed by atoms with Crippen LogP contribution >= 0.6 is 0 Å². The van der Waals surface area contributed by atoms with Crippen molar-refractivity contribution < 1.29 is 9.59 Å². The number of fused-ring (bicyclic) bond motifs is 4. The fourth-order valence-corrected chi connectivity index (χ4v) is 5.45. The van der Waals surface area contributed by atoms with Crippen LogP contribution < -0.4 is 10.9 Å². The summed E-state index contributed by atoms with van der Waals surface area (Å²) in [6.45, 7) is 0. The molecule has 0 saturated heterocycles. The molecule has 6 nitrogen and oxygen atoms in total. The summed E-state index contributed by atoms with van der Waals surface area (Å²) in [6.07, 6.45) is 13.3. The fourth-order valence-electron chi connectivity index (χ4n) is 5.45. The SMILES string of the molecule is O=C(CCCCCC(=O)N/N=C1\CC2CCC1C2)N/N=C1/CC2CCC1C2. The third-order valence-corrected chi connectivity index (χ3v) is 6.98. The van der Waals surface area contributed by atoms with Crippen LogP contribution in [0.2, 0.25) is 0 Å². The lowest BCUT2D eigenvalue weighted by Gasteiger charge is -2.11. The maximum atomic E-state index is 11.9. The van der Waals surface area contributed by atoms with E-state index in [9.17, 15) is 9.59 Å². The number of rotatable bonds is 8. The van der Waals surface area contributed by atoms with Gasteiger partial charge in [-0.15, -0.1) is 0 Å². The highest BCUT2D eigenvalue weighted by molar-refractivity contribution is 5.91. The Labute approximate surface area is 161 Å². The second kappa shape index (κ2) is 8.53. The Kier molecular flexibility index (Phi) is 5.89. The highest BCUT2D eigenvalue weighted by atomic mass is 16.2. The van der Waals surface area contributed by atoms with Gasteiger partial charge < -0.3 is 0 Å². The number of nitrogens with zero attached hydrogens (tertiary/aromatic N) is 2. The van der Waals surface area contributed by atoms with Gasteiger partial charge in [0.25, 0.3) is 0 Å². The first-order valence-corrected chi connectivity index (χ1v) is 10.9. The quantitative estimate of drug-likeness (QED) is 0.505. The van der Waals surface area contributed by atoms with E-state index in [-0.39, 0.29) is 11.8 Å². The predicted molar refractivity (Wildman–Crippen MR) is 105 cm³/mol. The van der Waals surface area contributed by atoms with Gasteiger partial charge in [-0.2, -0.15) is 10.2 Å². The van der Waals surface area contributed by atoms with Crippen molar-refractivity contribution in [2.45, 2.75) is 83.5 Å². The van der Waals surface area contributed by atoms with Gasteiger partial charge in [-0.1, -0.05) is 6.42 Å². The van der Waals surface area contributed by atoms with E-state index in [2.05, 4.69) is 21.1 Å². The number of amides is 2. The molecule has 4 rings (SSSR count). The number of hydrazone groups is 2. The molecule has 4 fully saturated rings. The molecule has 4 saturated carbocycles. The molecule has 0 aromatic heterocycles. The summed E-state index contributed by atoms with van der Waals surface area (Å²) in [7, 11) is 0. The second-order valence-corrected chi connectivity index (χ2v) is 9.00. The van der Waals surface area contributed by atoms with E-state index >= 15 is 0 Å². The van der Waals surface area contributed by atoms with Crippen LogP contribution in [0.1, 0.15) is 83.5 Å². The zero-order valence-corrected chi connectivity index (χ0v) is 16.2. The van der Waals surface area contributed by atoms with Crippen LogP contribution in [0.25, 0.3) is 0 Å². The minimum Gasteiger partial charge on any atom is -0.273 e. The Morgan fingerprint density at radius 2 is 1.22 bits per heavy atom. The van der Waals surface area contributed by atoms with Crippen molar-refractivity contribution in [2.24, 2.45) is 33.9 Å². The molecule has 0 spiro atoms. The largest absolute Gasteiger partial charge is 0.273 e. The van der Waals surface area contributed by atoms with Gasteiger partial charge in [-0.3, -0.25) is 9.59 Å². The van der Waals surface area contributed by atoms with Gasteiger partial charge in [-0.25, -0.2) is 10.9 Å². The van der Waals surface area contributed by atoms with E-state index < -0.39 is 0 Å². The Morgan fingerprint density at radius 1 is 0.741 bits per heavy atom. The molecule has 2 N–H and O–H groups in total. The molecule has 2 amide bonds. The Balaban J connectivity index is 1.04. The van der Waals surface area contributed by atoms with Gasteiger partial charge in [0.15, 0.2) is 0 Å². The molecule has 148 valence electrons. The highest BCUT2D eigenvalue weighted by Gasteiger charge is 2.37. The number of carbonyl (C=O) groups excluding carboxylic acids is 2. The van der Waals surface area contributed by atoms with E-state index in [4.69, 9.17) is 0 Å². The van der Waals surface area contributed by atoms with Gasteiger partial charge >= 0.3 is 0 Å².